The molecule has 0 aromatic heterocycles. The van der Waals surface area contributed by atoms with Crippen molar-refractivity contribution in [1.82, 2.24) is 10.2 Å². The topological polar surface area (TPSA) is 58.6 Å². The van der Waals surface area contributed by atoms with Gasteiger partial charge in [-0.05, 0) is 36.5 Å². The summed E-state index contributed by atoms with van der Waals surface area (Å²) in [5.41, 5.74) is 0.606. The summed E-state index contributed by atoms with van der Waals surface area (Å²) < 4.78 is 5.15. The SMILES string of the molecule is COc1cccc(C(=O)NC2CCN(C(=O)CC(C)(C)C)CC2)c1. The largest absolute Gasteiger partial charge is 0.497 e. The van der Waals surface area contributed by atoms with Gasteiger partial charge in [-0.1, -0.05) is 26.8 Å². The number of methoxy groups -OCH3 is 1. The Morgan fingerprint density at radius 2 is 1.92 bits per heavy atom. The molecule has 0 bridgehead atoms. The van der Waals surface area contributed by atoms with Gasteiger partial charge >= 0.3 is 0 Å². The van der Waals surface area contributed by atoms with E-state index in [1.54, 1.807) is 19.2 Å². The van der Waals surface area contributed by atoms with E-state index in [0.717, 1.165) is 12.8 Å². The molecular weight excluding hydrogens is 304 g/mol. The lowest BCUT2D eigenvalue weighted by molar-refractivity contribution is -0.134. The van der Waals surface area contributed by atoms with E-state index in [1.165, 1.54) is 0 Å². The number of rotatable bonds is 4. The van der Waals surface area contributed by atoms with Gasteiger partial charge in [0.25, 0.3) is 5.91 Å². The molecule has 1 fully saturated rings. The molecule has 2 rings (SSSR count). The standard InChI is InChI=1S/C19H28N2O3/c1-19(2,3)13-17(22)21-10-8-15(9-11-21)20-18(23)14-6-5-7-16(12-14)24-4/h5-7,12,15H,8-11,13H2,1-4H3,(H,20,23). The molecule has 0 atom stereocenters. The monoisotopic (exact) mass is 332 g/mol. The van der Waals surface area contributed by atoms with Crippen LogP contribution in [0, 0.1) is 5.41 Å². The number of carbonyl (C=O) groups is 2. The van der Waals surface area contributed by atoms with Crippen LogP contribution in [0.5, 0.6) is 5.75 Å². The molecule has 1 aromatic rings. The van der Waals surface area contributed by atoms with Crippen LogP contribution in [-0.4, -0.2) is 43.0 Å². The van der Waals surface area contributed by atoms with Gasteiger partial charge in [-0.15, -0.1) is 0 Å². The number of nitrogens with one attached hydrogen (secondary N) is 1. The Labute approximate surface area is 144 Å². The van der Waals surface area contributed by atoms with Gasteiger partial charge in [-0.3, -0.25) is 9.59 Å². The van der Waals surface area contributed by atoms with E-state index >= 15 is 0 Å². The van der Waals surface area contributed by atoms with Crippen molar-refractivity contribution in [3.8, 4) is 5.75 Å². The first kappa shape index (κ1) is 18.3. The van der Waals surface area contributed by atoms with Crippen LogP contribution in [0.4, 0.5) is 0 Å². The number of nitrogens with zero attached hydrogens (tertiary/aromatic N) is 1. The van der Waals surface area contributed by atoms with Crippen LogP contribution in [0.25, 0.3) is 0 Å². The molecule has 1 aliphatic heterocycles. The molecule has 5 heteroatoms. The highest BCUT2D eigenvalue weighted by Gasteiger charge is 2.26. The van der Waals surface area contributed by atoms with Crippen LogP contribution in [0.2, 0.25) is 0 Å². The second kappa shape index (κ2) is 7.69. The maximum absolute atomic E-state index is 12.3. The lowest BCUT2D eigenvalue weighted by Gasteiger charge is -2.34. The van der Waals surface area contributed by atoms with E-state index in [2.05, 4.69) is 26.1 Å². The zero-order valence-electron chi connectivity index (χ0n) is 15.1. The lowest BCUT2D eigenvalue weighted by atomic mass is 9.91. The third-order valence-corrected chi connectivity index (χ3v) is 4.20. The summed E-state index contributed by atoms with van der Waals surface area (Å²) in [6.45, 7) is 7.64. The Kier molecular flexibility index (Phi) is 5.86. The van der Waals surface area contributed by atoms with Crippen LogP contribution >= 0.6 is 0 Å². The zero-order valence-corrected chi connectivity index (χ0v) is 15.1. The molecule has 1 aliphatic rings. The van der Waals surface area contributed by atoms with Crippen molar-refractivity contribution in [3.63, 3.8) is 0 Å². The average Bonchev–Trinajstić information content (AvgIpc) is 2.54. The maximum Gasteiger partial charge on any atom is 0.251 e. The van der Waals surface area contributed by atoms with E-state index < -0.39 is 0 Å². The average molecular weight is 332 g/mol. The zero-order chi connectivity index (χ0) is 17.7. The summed E-state index contributed by atoms with van der Waals surface area (Å²) in [5, 5.41) is 3.06. The highest BCUT2D eigenvalue weighted by Crippen LogP contribution is 2.22. The third kappa shape index (κ3) is 5.25. The van der Waals surface area contributed by atoms with Crippen LogP contribution in [0.3, 0.4) is 0 Å². The van der Waals surface area contributed by atoms with Crippen LogP contribution in [0.1, 0.15) is 50.4 Å². The highest BCUT2D eigenvalue weighted by molar-refractivity contribution is 5.94. The minimum Gasteiger partial charge on any atom is -0.497 e. The number of benzene rings is 1. The molecule has 24 heavy (non-hydrogen) atoms. The Hall–Kier alpha value is -2.04. The number of hydrogen-bond acceptors (Lipinski definition) is 3. The minimum atomic E-state index is -0.0895. The fraction of sp³-hybridized carbons (Fsp3) is 0.579. The molecule has 0 radical (unpaired) electrons. The van der Waals surface area contributed by atoms with Gasteiger partial charge in [-0.25, -0.2) is 0 Å². The Balaban J connectivity index is 1.84. The molecule has 0 saturated carbocycles. The molecule has 0 unspecified atom stereocenters. The lowest BCUT2D eigenvalue weighted by Crippen LogP contribution is -2.47. The molecule has 1 aromatic carbocycles. The predicted octanol–water partition coefficient (Wildman–Crippen LogP) is 2.85. The van der Waals surface area contributed by atoms with Crippen molar-refractivity contribution >= 4 is 11.8 Å². The van der Waals surface area contributed by atoms with Gasteiger partial charge in [-0.2, -0.15) is 0 Å². The minimum absolute atomic E-state index is 0.00845. The summed E-state index contributed by atoms with van der Waals surface area (Å²) in [6.07, 6.45) is 2.16. The first-order chi connectivity index (χ1) is 11.3. The first-order valence-electron chi connectivity index (χ1n) is 8.51. The number of hydrogen-bond donors (Lipinski definition) is 1. The van der Waals surface area contributed by atoms with E-state index in [9.17, 15) is 9.59 Å². The highest BCUT2D eigenvalue weighted by atomic mass is 16.5. The fourth-order valence-corrected chi connectivity index (χ4v) is 2.87. The number of likely N-dealkylation sites (tertiary alicyclic amines) is 1. The Morgan fingerprint density at radius 3 is 2.50 bits per heavy atom. The van der Waals surface area contributed by atoms with E-state index in [4.69, 9.17) is 4.74 Å². The molecule has 1 heterocycles. The maximum atomic E-state index is 12.3. The van der Waals surface area contributed by atoms with Crippen molar-refractivity contribution in [1.29, 1.82) is 0 Å². The summed E-state index contributed by atoms with van der Waals surface area (Å²) in [5.74, 6) is 0.790. The summed E-state index contributed by atoms with van der Waals surface area (Å²) in [6, 6.07) is 7.25. The molecular formula is C19H28N2O3. The summed E-state index contributed by atoms with van der Waals surface area (Å²) >= 11 is 0. The summed E-state index contributed by atoms with van der Waals surface area (Å²) in [4.78, 5) is 26.5. The quantitative estimate of drug-likeness (QED) is 0.922. The van der Waals surface area contributed by atoms with Crippen molar-refractivity contribution in [2.24, 2.45) is 5.41 Å². The Bertz CT molecular complexity index is 585. The van der Waals surface area contributed by atoms with Gasteiger partial charge in [0.2, 0.25) is 5.91 Å². The van der Waals surface area contributed by atoms with Gasteiger partial charge in [0.1, 0.15) is 5.75 Å². The second-order valence-electron chi connectivity index (χ2n) is 7.60. The number of amides is 2. The number of piperidine rings is 1. The molecule has 1 N–H and O–H groups in total. The smallest absolute Gasteiger partial charge is 0.251 e. The van der Waals surface area contributed by atoms with E-state index in [0.29, 0.717) is 30.8 Å². The van der Waals surface area contributed by atoms with E-state index in [-0.39, 0.29) is 23.3 Å². The second-order valence-corrected chi connectivity index (χ2v) is 7.60. The van der Waals surface area contributed by atoms with Gasteiger partial charge in [0.15, 0.2) is 0 Å². The number of ether oxygens (including phenoxy) is 1. The van der Waals surface area contributed by atoms with Crippen LogP contribution in [0.15, 0.2) is 24.3 Å². The number of carbonyl (C=O) groups excluding carboxylic acids is 2. The summed E-state index contributed by atoms with van der Waals surface area (Å²) in [7, 11) is 1.58. The molecule has 0 spiro atoms. The normalized spacial score (nSPS) is 15.9. The van der Waals surface area contributed by atoms with Gasteiger partial charge in [0, 0.05) is 31.1 Å². The van der Waals surface area contributed by atoms with Crippen LogP contribution < -0.4 is 10.1 Å². The van der Waals surface area contributed by atoms with Crippen molar-refractivity contribution in [2.75, 3.05) is 20.2 Å². The first-order valence-corrected chi connectivity index (χ1v) is 8.51. The van der Waals surface area contributed by atoms with Crippen molar-refractivity contribution in [2.45, 2.75) is 46.1 Å². The molecule has 5 nitrogen and oxygen atoms in total. The van der Waals surface area contributed by atoms with Gasteiger partial charge in [0.05, 0.1) is 7.11 Å². The van der Waals surface area contributed by atoms with Crippen LogP contribution in [-0.2, 0) is 4.79 Å². The Morgan fingerprint density at radius 1 is 1.25 bits per heavy atom. The third-order valence-electron chi connectivity index (χ3n) is 4.20. The molecule has 132 valence electrons. The van der Waals surface area contributed by atoms with E-state index in [1.807, 2.05) is 17.0 Å². The van der Waals surface area contributed by atoms with Crippen molar-refractivity contribution < 1.29 is 14.3 Å². The molecule has 2 amide bonds. The molecule has 1 saturated heterocycles. The molecule has 0 aliphatic carbocycles. The van der Waals surface area contributed by atoms with Gasteiger partial charge < -0.3 is 15.0 Å². The van der Waals surface area contributed by atoms with Crippen molar-refractivity contribution in [3.05, 3.63) is 29.8 Å². The predicted molar refractivity (Wildman–Crippen MR) is 94.1 cm³/mol. The fourth-order valence-electron chi connectivity index (χ4n) is 2.87.